The van der Waals surface area contributed by atoms with Gasteiger partial charge in [-0.2, -0.15) is 10.4 Å². The fraction of sp³-hybridized carbons (Fsp3) is 0.200. The quantitative estimate of drug-likeness (QED) is 0.717. The summed E-state index contributed by atoms with van der Waals surface area (Å²) in [6.07, 6.45) is 0.415. The lowest BCUT2D eigenvalue weighted by atomic mass is 10.1. The van der Waals surface area contributed by atoms with Crippen molar-refractivity contribution in [1.82, 2.24) is 9.78 Å². The number of nitrogens with zero attached hydrogens (tertiary/aromatic N) is 3. The molecule has 0 atom stereocenters. The summed E-state index contributed by atoms with van der Waals surface area (Å²) in [5.74, 6) is 0. The zero-order valence-corrected chi connectivity index (χ0v) is 8.41. The van der Waals surface area contributed by atoms with Gasteiger partial charge in [0.2, 0.25) is 0 Å². The van der Waals surface area contributed by atoms with Gasteiger partial charge < -0.3 is 0 Å². The molecule has 4 heteroatoms. The van der Waals surface area contributed by atoms with E-state index in [9.17, 15) is 0 Å². The van der Waals surface area contributed by atoms with Gasteiger partial charge in [-0.25, -0.2) is 0 Å². The van der Waals surface area contributed by atoms with Gasteiger partial charge in [-0.05, 0) is 17.7 Å². The minimum atomic E-state index is 0.415. The number of nitriles is 1. The maximum absolute atomic E-state index is 8.57. The lowest BCUT2D eigenvalue weighted by Crippen LogP contribution is -1.90. The van der Waals surface area contributed by atoms with Crippen LogP contribution in [0.3, 0.4) is 0 Å². The molecule has 0 saturated carbocycles. The third kappa shape index (κ3) is 1.34. The molecule has 2 aromatic rings. The largest absolute Gasteiger partial charge is 0.266 e. The van der Waals surface area contributed by atoms with Gasteiger partial charge >= 0.3 is 0 Å². The van der Waals surface area contributed by atoms with E-state index in [2.05, 4.69) is 11.2 Å². The Labute approximate surface area is 86.5 Å². The maximum Gasteiger partial charge on any atom is 0.158 e. The minimum Gasteiger partial charge on any atom is -0.266 e. The third-order valence-electron chi connectivity index (χ3n) is 2.15. The van der Waals surface area contributed by atoms with Crippen molar-refractivity contribution in [3.05, 3.63) is 28.9 Å². The summed E-state index contributed by atoms with van der Waals surface area (Å²) >= 11 is 5.91. The number of halogens is 1. The highest BCUT2D eigenvalue weighted by Gasteiger charge is 2.06. The molecule has 0 aliphatic heterocycles. The smallest absolute Gasteiger partial charge is 0.158 e. The van der Waals surface area contributed by atoms with Crippen molar-refractivity contribution >= 4 is 22.5 Å². The second kappa shape index (κ2) is 3.32. The average Bonchev–Trinajstić information content (AvgIpc) is 2.43. The summed E-state index contributed by atoms with van der Waals surface area (Å²) in [6.45, 7) is 0. The molecule has 0 aliphatic rings. The maximum atomic E-state index is 8.57. The van der Waals surface area contributed by atoms with Crippen LogP contribution in [0.15, 0.2) is 18.2 Å². The lowest BCUT2D eigenvalue weighted by Gasteiger charge is -1.96. The van der Waals surface area contributed by atoms with Crippen LogP contribution >= 0.6 is 11.6 Å². The minimum absolute atomic E-state index is 0.415. The molecule has 0 radical (unpaired) electrons. The Bertz CT molecular complexity index is 522. The first-order valence-electron chi connectivity index (χ1n) is 4.20. The van der Waals surface area contributed by atoms with Crippen molar-refractivity contribution < 1.29 is 0 Å². The second-order valence-corrected chi connectivity index (χ2v) is 3.46. The van der Waals surface area contributed by atoms with E-state index < -0.39 is 0 Å². The van der Waals surface area contributed by atoms with E-state index >= 15 is 0 Å². The zero-order valence-electron chi connectivity index (χ0n) is 7.66. The number of rotatable bonds is 1. The summed E-state index contributed by atoms with van der Waals surface area (Å²) in [5, 5.41) is 14.1. The summed E-state index contributed by atoms with van der Waals surface area (Å²) in [7, 11) is 1.84. The van der Waals surface area contributed by atoms with Gasteiger partial charge in [-0.3, -0.25) is 4.68 Å². The SMILES string of the molecule is Cn1nc(Cl)c2ccc(CC#N)cc21. The molecular weight excluding hydrogens is 198 g/mol. The van der Waals surface area contributed by atoms with Gasteiger partial charge in [0.1, 0.15) is 0 Å². The molecular formula is C10H8ClN3. The standard InChI is InChI=1S/C10H8ClN3/c1-14-9-6-7(4-5-12)2-3-8(9)10(11)13-14/h2-3,6H,4H2,1H3. The van der Waals surface area contributed by atoms with E-state index in [0.717, 1.165) is 16.5 Å². The van der Waals surface area contributed by atoms with E-state index in [1.54, 1.807) is 4.68 Å². The molecule has 70 valence electrons. The predicted octanol–water partition coefficient (Wildman–Crippen LogP) is 2.29. The fourth-order valence-electron chi connectivity index (χ4n) is 1.46. The van der Waals surface area contributed by atoms with E-state index in [4.69, 9.17) is 16.9 Å². The molecule has 0 aliphatic carbocycles. The van der Waals surface area contributed by atoms with Gasteiger partial charge in [0, 0.05) is 12.4 Å². The van der Waals surface area contributed by atoms with Crippen molar-refractivity contribution in [2.24, 2.45) is 7.05 Å². The van der Waals surface area contributed by atoms with Gasteiger partial charge in [-0.1, -0.05) is 17.7 Å². The van der Waals surface area contributed by atoms with Crippen LogP contribution in [0.25, 0.3) is 10.9 Å². The van der Waals surface area contributed by atoms with Crippen LogP contribution in [0.5, 0.6) is 0 Å². The number of aryl methyl sites for hydroxylation is 1. The van der Waals surface area contributed by atoms with E-state index in [1.807, 2.05) is 25.2 Å². The normalized spacial score (nSPS) is 10.4. The predicted molar refractivity (Wildman–Crippen MR) is 55.0 cm³/mol. The van der Waals surface area contributed by atoms with E-state index in [0.29, 0.717) is 11.6 Å². The highest BCUT2D eigenvalue weighted by atomic mass is 35.5. The Kier molecular flexibility index (Phi) is 2.14. The van der Waals surface area contributed by atoms with Gasteiger partial charge in [0.25, 0.3) is 0 Å². The Balaban J connectivity index is 2.66. The van der Waals surface area contributed by atoms with Crippen molar-refractivity contribution in [2.45, 2.75) is 6.42 Å². The van der Waals surface area contributed by atoms with Crippen molar-refractivity contribution in [3.63, 3.8) is 0 Å². The number of aromatic nitrogens is 2. The number of hydrogen-bond donors (Lipinski definition) is 0. The Morgan fingerprint density at radius 2 is 2.36 bits per heavy atom. The molecule has 0 amide bonds. The summed E-state index contributed by atoms with van der Waals surface area (Å²) in [4.78, 5) is 0. The molecule has 0 N–H and O–H groups in total. The van der Waals surface area contributed by atoms with Crippen LogP contribution < -0.4 is 0 Å². The molecule has 0 spiro atoms. The van der Waals surface area contributed by atoms with Crippen molar-refractivity contribution in [3.8, 4) is 6.07 Å². The van der Waals surface area contributed by atoms with Gasteiger partial charge in [-0.15, -0.1) is 0 Å². The summed E-state index contributed by atoms with van der Waals surface area (Å²) < 4.78 is 1.72. The molecule has 2 rings (SSSR count). The highest BCUT2D eigenvalue weighted by Crippen LogP contribution is 2.23. The van der Waals surface area contributed by atoms with Crippen LogP contribution in [0, 0.1) is 11.3 Å². The number of fused-ring (bicyclic) bond motifs is 1. The van der Waals surface area contributed by atoms with Gasteiger partial charge in [0.15, 0.2) is 5.15 Å². The summed E-state index contributed by atoms with van der Waals surface area (Å²) in [5.41, 5.74) is 1.95. The fourth-order valence-corrected chi connectivity index (χ4v) is 1.73. The Hall–Kier alpha value is -1.53. The van der Waals surface area contributed by atoms with Crippen molar-refractivity contribution in [1.29, 1.82) is 5.26 Å². The Morgan fingerprint density at radius 3 is 3.07 bits per heavy atom. The van der Waals surface area contributed by atoms with Crippen LogP contribution in [0.4, 0.5) is 0 Å². The first-order valence-corrected chi connectivity index (χ1v) is 4.58. The monoisotopic (exact) mass is 205 g/mol. The zero-order chi connectivity index (χ0) is 10.1. The second-order valence-electron chi connectivity index (χ2n) is 3.10. The highest BCUT2D eigenvalue weighted by molar-refractivity contribution is 6.34. The molecule has 0 bridgehead atoms. The molecule has 14 heavy (non-hydrogen) atoms. The molecule has 0 unspecified atom stereocenters. The molecule has 0 fully saturated rings. The van der Waals surface area contributed by atoms with Crippen LogP contribution in [-0.2, 0) is 13.5 Å². The average molecular weight is 206 g/mol. The number of hydrogen-bond acceptors (Lipinski definition) is 2. The topological polar surface area (TPSA) is 41.6 Å². The van der Waals surface area contributed by atoms with E-state index in [1.165, 1.54) is 0 Å². The van der Waals surface area contributed by atoms with Gasteiger partial charge in [0.05, 0.1) is 18.0 Å². The lowest BCUT2D eigenvalue weighted by molar-refractivity contribution is 0.797. The third-order valence-corrected chi connectivity index (χ3v) is 2.43. The first-order chi connectivity index (χ1) is 6.72. The molecule has 1 heterocycles. The number of benzene rings is 1. The van der Waals surface area contributed by atoms with Crippen LogP contribution in [-0.4, -0.2) is 9.78 Å². The summed E-state index contributed by atoms with van der Waals surface area (Å²) in [6, 6.07) is 7.86. The van der Waals surface area contributed by atoms with Crippen LogP contribution in [0.2, 0.25) is 5.15 Å². The molecule has 3 nitrogen and oxygen atoms in total. The molecule has 1 aromatic carbocycles. The molecule has 1 aromatic heterocycles. The van der Waals surface area contributed by atoms with E-state index in [-0.39, 0.29) is 0 Å². The van der Waals surface area contributed by atoms with Crippen LogP contribution in [0.1, 0.15) is 5.56 Å². The Morgan fingerprint density at radius 1 is 1.57 bits per heavy atom. The van der Waals surface area contributed by atoms with Crippen molar-refractivity contribution in [2.75, 3.05) is 0 Å². The molecule has 0 saturated heterocycles. The first kappa shape index (κ1) is 9.04.